The Morgan fingerprint density at radius 2 is 2.00 bits per heavy atom. The third-order valence-electron chi connectivity index (χ3n) is 4.76. The number of amides is 1. The third-order valence-corrected chi connectivity index (χ3v) is 5.01. The van der Waals surface area contributed by atoms with Gasteiger partial charge in [0.1, 0.15) is 0 Å². The Kier molecular flexibility index (Phi) is 6.29. The van der Waals surface area contributed by atoms with Gasteiger partial charge < -0.3 is 20.4 Å². The number of carbonyl (C=O) groups is 1. The second-order valence-electron chi connectivity index (χ2n) is 6.79. The standard InChI is InChI=1S/C21H26N4OS/c1-16-10-11-17(15-19(16)25-13-6-9-20(25)26)23-21(27)22-12-14-24(2)18-7-4-3-5-8-18/h3-5,7-8,10-11,15H,6,9,12-14H2,1-2H3,(H2,22,23,27). The first kappa shape index (κ1) is 19.2. The van der Waals surface area contributed by atoms with Crippen LogP contribution in [-0.4, -0.2) is 37.7 Å². The van der Waals surface area contributed by atoms with Gasteiger partial charge in [-0.15, -0.1) is 0 Å². The Hall–Kier alpha value is -2.60. The molecule has 1 aliphatic rings. The third kappa shape index (κ3) is 4.98. The maximum atomic E-state index is 12.0. The van der Waals surface area contributed by atoms with Crippen LogP contribution in [0.15, 0.2) is 48.5 Å². The quantitative estimate of drug-likeness (QED) is 0.749. The normalized spacial score (nSPS) is 13.6. The SMILES string of the molecule is Cc1ccc(NC(=S)NCCN(C)c2ccccc2)cc1N1CCCC1=O. The smallest absolute Gasteiger partial charge is 0.227 e. The predicted molar refractivity (Wildman–Crippen MR) is 117 cm³/mol. The van der Waals surface area contributed by atoms with Crippen molar-refractivity contribution >= 4 is 40.3 Å². The monoisotopic (exact) mass is 382 g/mol. The molecular formula is C21H26N4OS. The summed E-state index contributed by atoms with van der Waals surface area (Å²) in [5.41, 5.74) is 4.13. The first-order valence-electron chi connectivity index (χ1n) is 9.26. The van der Waals surface area contributed by atoms with Gasteiger partial charge in [-0.25, -0.2) is 0 Å². The summed E-state index contributed by atoms with van der Waals surface area (Å²) in [6.07, 6.45) is 1.55. The second-order valence-corrected chi connectivity index (χ2v) is 7.20. The number of nitrogens with zero attached hydrogens (tertiary/aromatic N) is 2. The topological polar surface area (TPSA) is 47.6 Å². The molecule has 2 aromatic carbocycles. The molecule has 1 aliphatic heterocycles. The molecule has 2 aromatic rings. The number of hydrogen-bond acceptors (Lipinski definition) is 3. The summed E-state index contributed by atoms with van der Waals surface area (Å²) in [6, 6.07) is 16.3. The largest absolute Gasteiger partial charge is 0.373 e. The van der Waals surface area contributed by atoms with Crippen molar-refractivity contribution < 1.29 is 4.79 Å². The van der Waals surface area contributed by atoms with E-state index in [1.165, 1.54) is 5.69 Å². The highest BCUT2D eigenvalue weighted by atomic mass is 32.1. The molecule has 1 amide bonds. The van der Waals surface area contributed by atoms with E-state index in [0.29, 0.717) is 11.5 Å². The molecule has 6 heteroatoms. The molecular weight excluding hydrogens is 356 g/mol. The number of benzene rings is 2. The molecule has 0 atom stereocenters. The van der Waals surface area contributed by atoms with Crippen LogP contribution in [0.4, 0.5) is 17.1 Å². The Bertz CT molecular complexity index is 809. The maximum Gasteiger partial charge on any atom is 0.227 e. The summed E-state index contributed by atoms with van der Waals surface area (Å²) < 4.78 is 0. The molecule has 0 radical (unpaired) electrons. The van der Waals surface area contributed by atoms with Crippen molar-refractivity contribution in [2.24, 2.45) is 0 Å². The summed E-state index contributed by atoms with van der Waals surface area (Å²) in [5.74, 6) is 0.194. The zero-order valence-electron chi connectivity index (χ0n) is 15.9. The van der Waals surface area contributed by atoms with Gasteiger partial charge in [-0.2, -0.15) is 0 Å². The van der Waals surface area contributed by atoms with Crippen molar-refractivity contribution in [2.45, 2.75) is 19.8 Å². The maximum absolute atomic E-state index is 12.0. The van der Waals surface area contributed by atoms with E-state index in [-0.39, 0.29) is 5.91 Å². The molecule has 27 heavy (non-hydrogen) atoms. The lowest BCUT2D eigenvalue weighted by Gasteiger charge is -2.21. The lowest BCUT2D eigenvalue weighted by molar-refractivity contribution is -0.117. The van der Waals surface area contributed by atoms with Gasteiger partial charge in [0.25, 0.3) is 0 Å². The highest BCUT2D eigenvalue weighted by Crippen LogP contribution is 2.28. The van der Waals surface area contributed by atoms with Gasteiger partial charge in [-0.3, -0.25) is 4.79 Å². The number of carbonyl (C=O) groups excluding carboxylic acids is 1. The number of hydrogen-bond donors (Lipinski definition) is 2. The zero-order valence-corrected chi connectivity index (χ0v) is 16.7. The molecule has 0 bridgehead atoms. The van der Waals surface area contributed by atoms with Gasteiger partial charge in [0.15, 0.2) is 5.11 Å². The minimum atomic E-state index is 0.194. The first-order chi connectivity index (χ1) is 13.0. The Balaban J connectivity index is 1.53. The van der Waals surface area contributed by atoms with Crippen LogP contribution in [0.25, 0.3) is 0 Å². The lowest BCUT2D eigenvalue weighted by atomic mass is 10.1. The van der Waals surface area contributed by atoms with Crippen molar-refractivity contribution in [1.29, 1.82) is 0 Å². The first-order valence-corrected chi connectivity index (χ1v) is 9.67. The molecule has 0 saturated carbocycles. The average molecular weight is 383 g/mol. The summed E-state index contributed by atoms with van der Waals surface area (Å²) in [5, 5.41) is 7.05. The molecule has 0 unspecified atom stereocenters. The Labute approximate surface area is 166 Å². The van der Waals surface area contributed by atoms with Crippen LogP contribution < -0.4 is 20.4 Å². The van der Waals surface area contributed by atoms with E-state index in [1.807, 2.05) is 48.2 Å². The number of anilines is 3. The van der Waals surface area contributed by atoms with Crippen LogP contribution in [0.3, 0.4) is 0 Å². The van der Waals surface area contributed by atoms with Crippen molar-refractivity contribution in [1.82, 2.24) is 5.32 Å². The van der Waals surface area contributed by atoms with E-state index in [2.05, 4.69) is 34.7 Å². The van der Waals surface area contributed by atoms with Gasteiger partial charge in [0, 0.05) is 50.2 Å². The molecule has 0 aromatic heterocycles. The van der Waals surface area contributed by atoms with E-state index < -0.39 is 0 Å². The van der Waals surface area contributed by atoms with Crippen LogP contribution in [0.1, 0.15) is 18.4 Å². The molecule has 0 aliphatic carbocycles. The molecule has 2 N–H and O–H groups in total. The van der Waals surface area contributed by atoms with E-state index in [9.17, 15) is 4.79 Å². The van der Waals surface area contributed by atoms with Gasteiger partial charge in [-0.1, -0.05) is 24.3 Å². The van der Waals surface area contributed by atoms with E-state index in [0.717, 1.165) is 43.0 Å². The molecule has 3 rings (SSSR count). The minimum Gasteiger partial charge on any atom is -0.373 e. The van der Waals surface area contributed by atoms with Gasteiger partial charge in [0.2, 0.25) is 5.91 Å². The summed E-state index contributed by atoms with van der Waals surface area (Å²) in [6.45, 7) is 4.40. The van der Waals surface area contributed by atoms with E-state index in [4.69, 9.17) is 12.2 Å². The highest BCUT2D eigenvalue weighted by molar-refractivity contribution is 7.80. The number of likely N-dealkylation sites (N-methyl/N-ethyl adjacent to an activating group) is 1. The summed E-state index contributed by atoms with van der Waals surface area (Å²) in [4.78, 5) is 16.1. The van der Waals surface area contributed by atoms with Crippen molar-refractivity contribution in [3.63, 3.8) is 0 Å². The van der Waals surface area contributed by atoms with Crippen LogP contribution in [0.5, 0.6) is 0 Å². The van der Waals surface area contributed by atoms with Crippen LogP contribution >= 0.6 is 12.2 Å². The van der Waals surface area contributed by atoms with Gasteiger partial charge in [-0.05, 0) is 55.4 Å². The Morgan fingerprint density at radius 1 is 1.22 bits per heavy atom. The number of nitrogens with one attached hydrogen (secondary N) is 2. The predicted octanol–water partition coefficient (Wildman–Crippen LogP) is 3.54. The van der Waals surface area contributed by atoms with Gasteiger partial charge in [0.05, 0.1) is 0 Å². The molecule has 1 heterocycles. The van der Waals surface area contributed by atoms with Crippen LogP contribution in [0.2, 0.25) is 0 Å². The van der Waals surface area contributed by atoms with Crippen molar-refractivity contribution in [2.75, 3.05) is 41.8 Å². The van der Waals surface area contributed by atoms with Crippen LogP contribution in [-0.2, 0) is 4.79 Å². The molecule has 1 saturated heterocycles. The van der Waals surface area contributed by atoms with Crippen molar-refractivity contribution in [3.05, 3.63) is 54.1 Å². The van der Waals surface area contributed by atoms with E-state index in [1.54, 1.807) is 0 Å². The lowest BCUT2D eigenvalue weighted by Crippen LogP contribution is -2.35. The molecule has 5 nitrogen and oxygen atoms in total. The number of aryl methyl sites for hydroxylation is 1. The molecule has 1 fully saturated rings. The number of rotatable bonds is 6. The fraction of sp³-hybridized carbons (Fsp3) is 0.333. The summed E-state index contributed by atoms with van der Waals surface area (Å²) >= 11 is 5.42. The molecule has 142 valence electrons. The average Bonchev–Trinajstić information content (AvgIpc) is 3.09. The Morgan fingerprint density at radius 3 is 2.70 bits per heavy atom. The second kappa shape index (κ2) is 8.86. The summed E-state index contributed by atoms with van der Waals surface area (Å²) in [7, 11) is 2.06. The highest BCUT2D eigenvalue weighted by Gasteiger charge is 2.23. The minimum absolute atomic E-state index is 0.194. The van der Waals surface area contributed by atoms with Crippen LogP contribution in [0, 0.1) is 6.92 Å². The fourth-order valence-electron chi connectivity index (χ4n) is 3.20. The van der Waals surface area contributed by atoms with E-state index >= 15 is 0 Å². The zero-order chi connectivity index (χ0) is 19.2. The number of thiocarbonyl (C=S) groups is 1. The number of para-hydroxylation sites is 1. The van der Waals surface area contributed by atoms with Gasteiger partial charge >= 0.3 is 0 Å². The molecule has 0 spiro atoms. The fourth-order valence-corrected chi connectivity index (χ4v) is 3.42. The van der Waals surface area contributed by atoms with Crippen molar-refractivity contribution in [3.8, 4) is 0 Å².